The molecule has 1 aliphatic carbocycles. The van der Waals surface area contributed by atoms with Gasteiger partial charge in [0.15, 0.2) is 0 Å². The lowest BCUT2D eigenvalue weighted by atomic mass is 9.87. The van der Waals surface area contributed by atoms with E-state index in [1.807, 2.05) is 6.92 Å². The lowest BCUT2D eigenvalue weighted by Crippen LogP contribution is -2.05. The molecule has 1 aliphatic rings. The van der Waals surface area contributed by atoms with Crippen LogP contribution in [-0.2, 0) is 0 Å². The molecule has 1 heterocycles. The molecule has 0 aromatic carbocycles. The molecule has 0 spiro atoms. The van der Waals surface area contributed by atoms with Gasteiger partial charge in [0.1, 0.15) is 0 Å². The Morgan fingerprint density at radius 2 is 2.14 bits per heavy atom. The molecule has 0 saturated heterocycles. The Hall–Kier alpha value is -0.830. The van der Waals surface area contributed by atoms with Crippen molar-refractivity contribution in [1.29, 1.82) is 0 Å². The molecule has 0 bridgehead atoms. The Bertz CT molecular complexity index is 284. The molecule has 3 heteroatoms. The number of rotatable bonds is 2. The minimum absolute atomic E-state index is 0.0450. The van der Waals surface area contributed by atoms with E-state index in [0.717, 1.165) is 5.69 Å². The molecule has 1 aromatic rings. The summed E-state index contributed by atoms with van der Waals surface area (Å²) < 4.78 is 0. The fourth-order valence-electron chi connectivity index (χ4n) is 2.21. The van der Waals surface area contributed by atoms with Gasteiger partial charge in [0.05, 0.1) is 5.69 Å². The van der Waals surface area contributed by atoms with Gasteiger partial charge in [-0.2, -0.15) is 5.10 Å². The molecule has 1 fully saturated rings. The molecular formula is C11H19N3. The van der Waals surface area contributed by atoms with Crippen molar-refractivity contribution in [3.8, 4) is 0 Å². The van der Waals surface area contributed by atoms with Gasteiger partial charge >= 0.3 is 0 Å². The number of nitrogens with one attached hydrogen (secondary N) is 1. The summed E-state index contributed by atoms with van der Waals surface area (Å²) in [6, 6.07) is 2.18. The van der Waals surface area contributed by atoms with Gasteiger partial charge in [-0.05, 0) is 25.8 Å². The fraction of sp³-hybridized carbons (Fsp3) is 0.727. The van der Waals surface area contributed by atoms with Gasteiger partial charge in [-0.3, -0.25) is 5.10 Å². The molecule has 1 saturated carbocycles. The van der Waals surface area contributed by atoms with Gasteiger partial charge < -0.3 is 5.73 Å². The molecule has 3 nitrogen and oxygen atoms in total. The highest BCUT2D eigenvalue weighted by molar-refractivity contribution is 5.15. The van der Waals surface area contributed by atoms with Crippen molar-refractivity contribution in [2.24, 2.45) is 5.73 Å². The lowest BCUT2D eigenvalue weighted by molar-refractivity contribution is 0.436. The first-order chi connectivity index (χ1) is 6.77. The third-order valence-electron chi connectivity index (χ3n) is 3.13. The highest BCUT2D eigenvalue weighted by Gasteiger charge is 2.18. The molecule has 1 aromatic heterocycles. The van der Waals surface area contributed by atoms with Gasteiger partial charge in [-0.25, -0.2) is 0 Å². The molecule has 78 valence electrons. The summed E-state index contributed by atoms with van der Waals surface area (Å²) in [5.41, 5.74) is 8.05. The van der Waals surface area contributed by atoms with Gasteiger partial charge in [-0.15, -0.1) is 0 Å². The number of nitrogens with zero attached hydrogens (tertiary/aromatic N) is 1. The highest BCUT2D eigenvalue weighted by Crippen LogP contribution is 2.31. The van der Waals surface area contributed by atoms with Crippen LogP contribution in [0.15, 0.2) is 6.07 Å². The zero-order valence-corrected chi connectivity index (χ0v) is 8.79. The largest absolute Gasteiger partial charge is 0.323 e. The average Bonchev–Trinajstić information content (AvgIpc) is 2.68. The average molecular weight is 193 g/mol. The Kier molecular flexibility index (Phi) is 2.87. The minimum atomic E-state index is 0.0450. The number of H-pyrrole nitrogens is 1. The van der Waals surface area contributed by atoms with Crippen LogP contribution in [0.4, 0.5) is 0 Å². The van der Waals surface area contributed by atoms with Crippen molar-refractivity contribution >= 4 is 0 Å². The maximum absolute atomic E-state index is 5.77. The standard InChI is InChI=1S/C11H19N3/c1-8(12)10-7-11(14-13-10)9-5-3-2-4-6-9/h7-9H,2-6,12H2,1H3,(H,13,14). The summed E-state index contributed by atoms with van der Waals surface area (Å²) in [4.78, 5) is 0. The quantitative estimate of drug-likeness (QED) is 0.758. The van der Waals surface area contributed by atoms with Crippen LogP contribution in [-0.4, -0.2) is 10.2 Å². The number of aromatic amines is 1. The van der Waals surface area contributed by atoms with Crippen molar-refractivity contribution in [2.45, 2.75) is 51.0 Å². The molecule has 1 atom stereocenters. The van der Waals surface area contributed by atoms with Crippen molar-refractivity contribution < 1.29 is 0 Å². The van der Waals surface area contributed by atoms with Crippen LogP contribution in [0.1, 0.15) is 62.4 Å². The van der Waals surface area contributed by atoms with Gasteiger partial charge in [0, 0.05) is 17.7 Å². The van der Waals surface area contributed by atoms with E-state index in [9.17, 15) is 0 Å². The zero-order valence-electron chi connectivity index (χ0n) is 8.79. The Morgan fingerprint density at radius 3 is 2.71 bits per heavy atom. The number of nitrogens with two attached hydrogens (primary N) is 1. The zero-order chi connectivity index (χ0) is 9.97. The maximum atomic E-state index is 5.77. The summed E-state index contributed by atoms with van der Waals surface area (Å²) >= 11 is 0. The third-order valence-corrected chi connectivity index (χ3v) is 3.13. The Balaban J connectivity index is 2.07. The smallest absolute Gasteiger partial charge is 0.0789 e. The summed E-state index contributed by atoms with van der Waals surface area (Å²) in [6.07, 6.45) is 6.72. The Labute approximate surface area is 85.1 Å². The van der Waals surface area contributed by atoms with Crippen LogP contribution >= 0.6 is 0 Å². The van der Waals surface area contributed by atoms with Crippen LogP contribution < -0.4 is 5.73 Å². The SMILES string of the molecule is CC(N)c1cc(C2CCCCC2)[nH]n1. The van der Waals surface area contributed by atoms with E-state index in [1.54, 1.807) is 0 Å². The number of hydrogen-bond acceptors (Lipinski definition) is 2. The van der Waals surface area contributed by atoms with E-state index in [1.165, 1.54) is 37.8 Å². The normalized spacial score (nSPS) is 21.0. The monoisotopic (exact) mass is 193 g/mol. The van der Waals surface area contributed by atoms with E-state index in [0.29, 0.717) is 5.92 Å². The molecule has 14 heavy (non-hydrogen) atoms. The van der Waals surface area contributed by atoms with Crippen LogP contribution in [0.5, 0.6) is 0 Å². The molecule has 2 rings (SSSR count). The molecule has 3 N–H and O–H groups in total. The first-order valence-electron chi connectivity index (χ1n) is 5.58. The first kappa shape index (κ1) is 9.71. The van der Waals surface area contributed by atoms with Crippen LogP contribution in [0.25, 0.3) is 0 Å². The number of hydrogen-bond donors (Lipinski definition) is 2. The molecule has 0 amide bonds. The Morgan fingerprint density at radius 1 is 1.43 bits per heavy atom. The second-order valence-corrected chi connectivity index (χ2v) is 4.37. The summed E-state index contributed by atoms with van der Waals surface area (Å²) in [7, 11) is 0. The van der Waals surface area contributed by atoms with E-state index in [4.69, 9.17) is 5.73 Å². The summed E-state index contributed by atoms with van der Waals surface area (Å²) in [5, 5.41) is 7.37. The summed E-state index contributed by atoms with van der Waals surface area (Å²) in [5.74, 6) is 0.698. The highest BCUT2D eigenvalue weighted by atomic mass is 15.1. The first-order valence-corrected chi connectivity index (χ1v) is 5.58. The van der Waals surface area contributed by atoms with Gasteiger partial charge in [-0.1, -0.05) is 19.3 Å². The predicted molar refractivity (Wildman–Crippen MR) is 57.0 cm³/mol. The van der Waals surface area contributed by atoms with Gasteiger partial charge in [0.25, 0.3) is 0 Å². The van der Waals surface area contributed by atoms with Crippen molar-refractivity contribution in [1.82, 2.24) is 10.2 Å². The van der Waals surface area contributed by atoms with E-state index in [2.05, 4.69) is 16.3 Å². The second kappa shape index (κ2) is 4.13. The molecule has 0 aliphatic heterocycles. The lowest BCUT2D eigenvalue weighted by Gasteiger charge is -2.19. The van der Waals surface area contributed by atoms with Crippen LogP contribution in [0.3, 0.4) is 0 Å². The fourth-order valence-corrected chi connectivity index (χ4v) is 2.21. The van der Waals surface area contributed by atoms with Crippen molar-refractivity contribution in [3.63, 3.8) is 0 Å². The molecular weight excluding hydrogens is 174 g/mol. The third kappa shape index (κ3) is 1.98. The number of aromatic nitrogens is 2. The van der Waals surface area contributed by atoms with E-state index < -0.39 is 0 Å². The maximum Gasteiger partial charge on any atom is 0.0789 e. The minimum Gasteiger partial charge on any atom is -0.323 e. The second-order valence-electron chi connectivity index (χ2n) is 4.37. The van der Waals surface area contributed by atoms with Crippen LogP contribution in [0.2, 0.25) is 0 Å². The van der Waals surface area contributed by atoms with Crippen molar-refractivity contribution in [3.05, 3.63) is 17.5 Å². The van der Waals surface area contributed by atoms with Gasteiger partial charge in [0.2, 0.25) is 0 Å². The van der Waals surface area contributed by atoms with Crippen molar-refractivity contribution in [2.75, 3.05) is 0 Å². The summed E-state index contributed by atoms with van der Waals surface area (Å²) in [6.45, 7) is 1.97. The van der Waals surface area contributed by atoms with E-state index >= 15 is 0 Å². The molecule has 0 radical (unpaired) electrons. The topological polar surface area (TPSA) is 54.7 Å². The predicted octanol–water partition coefficient (Wildman–Crippen LogP) is 2.48. The van der Waals surface area contributed by atoms with Crippen LogP contribution in [0, 0.1) is 0 Å². The molecule has 1 unspecified atom stereocenters. The van der Waals surface area contributed by atoms with E-state index in [-0.39, 0.29) is 6.04 Å².